The lowest BCUT2D eigenvalue weighted by Gasteiger charge is -2.30. The predicted octanol–water partition coefficient (Wildman–Crippen LogP) is 1.79. The van der Waals surface area contributed by atoms with E-state index in [1.165, 1.54) is 5.56 Å². The highest BCUT2D eigenvalue weighted by Crippen LogP contribution is 2.28. The molecular weight excluding hydrogens is 328 g/mol. The quantitative estimate of drug-likeness (QED) is 0.604. The summed E-state index contributed by atoms with van der Waals surface area (Å²) in [4.78, 5) is 11.9. The number of anilines is 2. The molecular formula is C19H28N6O. The standard InChI is InChI=1S/C19H28N6O/c1-2-13-3-5-15(6-4-13)23-19-16(18(21)26)12-25(24-19)17(11-20)14-7-9-22-10-8-14/h3-6,12,14,17,22H,2,7-11,20H2,1H3,(H2,21,26)(H,23,24). The Morgan fingerprint density at radius 1 is 1.35 bits per heavy atom. The predicted molar refractivity (Wildman–Crippen MR) is 104 cm³/mol. The zero-order valence-electron chi connectivity index (χ0n) is 15.2. The fourth-order valence-electron chi connectivity index (χ4n) is 3.54. The van der Waals surface area contributed by atoms with Gasteiger partial charge in [0.1, 0.15) is 5.56 Å². The maximum absolute atomic E-state index is 11.9. The maximum Gasteiger partial charge on any atom is 0.254 e. The van der Waals surface area contributed by atoms with Gasteiger partial charge in [-0.2, -0.15) is 5.10 Å². The van der Waals surface area contributed by atoms with Crippen LogP contribution in [0.15, 0.2) is 30.5 Å². The normalized spacial score (nSPS) is 16.4. The van der Waals surface area contributed by atoms with Crippen LogP contribution in [0.2, 0.25) is 0 Å². The third kappa shape index (κ3) is 4.05. The van der Waals surface area contributed by atoms with Gasteiger partial charge in [0.15, 0.2) is 5.82 Å². The Labute approximate surface area is 154 Å². The Kier molecular flexibility index (Phi) is 5.90. The van der Waals surface area contributed by atoms with Gasteiger partial charge in [0, 0.05) is 18.4 Å². The van der Waals surface area contributed by atoms with Gasteiger partial charge in [0.25, 0.3) is 5.91 Å². The Morgan fingerprint density at radius 3 is 2.62 bits per heavy atom. The van der Waals surface area contributed by atoms with E-state index >= 15 is 0 Å². The lowest BCUT2D eigenvalue weighted by molar-refractivity contribution is 0.100. The summed E-state index contributed by atoms with van der Waals surface area (Å²) in [6.07, 6.45) is 4.81. The number of aromatic nitrogens is 2. The van der Waals surface area contributed by atoms with Crippen molar-refractivity contribution >= 4 is 17.4 Å². The van der Waals surface area contributed by atoms with Gasteiger partial charge in [0.2, 0.25) is 0 Å². The summed E-state index contributed by atoms with van der Waals surface area (Å²) in [5.74, 6) is 0.428. The van der Waals surface area contributed by atoms with E-state index in [0.29, 0.717) is 23.8 Å². The van der Waals surface area contributed by atoms with E-state index in [4.69, 9.17) is 11.5 Å². The molecule has 0 radical (unpaired) electrons. The number of amides is 1. The third-order valence-corrected chi connectivity index (χ3v) is 5.13. The molecule has 3 rings (SSSR count). The molecule has 0 spiro atoms. The number of benzene rings is 1. The number of nitrogens with one attached hydrogen (secondary N) is 2. The van der Waals surface area contributed by atoms with E-state index in [-0.39, 0.29) is 6.04 Å². The van der Waals surface area contributed by atoms with Crippen LogP contribution in [0.5, 0.6) is 0 Å². The van der Waals surface area contributed by atoms with Gasteiger partial charge in [-0.1, -0.05) is 19.1 Å². The van der Waals surface area contributed by atoms with E-state index in [1.807, 2.05) is 16.8 Å². The highest BCUT2D eigenvalue weighted by atomic mass is 16.1. The van der Waals surface area contributed by atoms with Crippen molar-refractivity contribution in [1.82, 2.24) is 15.1 Å². The molecule has 0 aliphatic carbocycles. The van der Waals surface area contributed by atoms with Crippen molar-refractivity contribution in [3.8, 4) is 0 Å². The van der Waals surface area contributed by atoms with Gasteiger partial charge in [-0.15, -0.1) is 0 Å². The monoisotopic (exact) mass is 356 g/mol. The van der Waals surface area contributed by atoms with Crippen LogP contribution < -0.4 is 22.1 Å². The third-order valence-electron chi connectivity index (χ3n) is 5.13. The number of piperidine rings is 1. The van der Waals surface area contributed by atoms with E-state index in [1.54, 1.807) is 6.20 Å². The van der Waals surface area contributed by atoms with Crippen molar-refractivity contribution in [2.45, 2.75) is 32.2 Å². The van der Waals surface area contributed by atoms with Crippen molar-refractivity contribution in [2.75, 3.05) is 25.0 Å². The molecule has 0 bridgehead atoms. The summed E-state index contributed by atoms with van der Waals surface area (Å²) in [7, 11) is 0. The first-order valence-electron chi connectivity index (χ1n) is 9.28. The SMILES string of the molecule is CCc1ccc(Nc2nn(C(CN)C3CCNCC3)cc2C(N)=O)cc1. The lowest BCUT2D eigenvalue weighted by Crippen LogP contribution is -2.36. The molecule has 1 aromatic heterocycles. The van der Waals surface area contributed by atoms with E-state index in [9.17, 15) is 4.79 Å². The molecule has 26 heavy (non-hydrogen) atoms. The molecule has 1 aromatic carbocycles. The molecule has 1 unspecified atom stereocenters. The molecule has 6 N–H and O–H groups in total. The van der Waals surface area contributed by atoms with Crippen molar-refractivity contribution in [1.29, 1.82) is 0 Å². The van der Waals surface area contributed by atoms with Gasteiger partial charge in [0.05, 0.1) is 6.04 Å². The first-order chi connectivity index (χ1) is 12.6. The molecule has 1 aliphatic rings. The van der Waals surface area contributed by atoms with E-state index < -0.39 is 5.91 Å². The Bertz CT molecular complexity index is 733. The summed E-state index contributed by atoms with van der Waals surface area (Å²) in [6.45, 7) is 4.57. The molecule has 7 nitrogen and oxygen atoms in total. The second-order valence-corrected chi connectivity index (χ2v) is 6.80. The van der Waals surface area contributed by atoms with Crippen LogP contribution in [-0.2, 0) is 6.42 Å². The van der Waals surface area contributed by atoms with Crippen LogP contribution in [0.25, 0.3) is 0 Å². The molecule has 7 heteroatoms. The zero-order valence-corrected chi connectivity index (χ0v) is 15.2. The number of carbonyl (C=O) groups excluding carboxylic acids is 1. The fourth-order valence-corrected chi connectivity index (χ4v) is 3.54. The van der Waals surface area contributed by atoms with Crippen molar-refractivity contribution < 1.29 is 4.79 Å². The van der Waals surface area contributed by atoms with Crippen LogP contribution in [0.4, 0.5) is 11.5 Å². The number of rotatable bonds is 7. The van der Waals surface area contributed by atoms with Gasteiger partial charge >= 0.3 is 0 Å². The summed E-state index contributed by atoms with van der Waals surface area (Å²) in [5, 5.41) is 11.2. The lowest BCUT2D eigenvalue weighted by atomic mass is 9.90. The van der Waals surface area contributed by atoms with Gasteiger partial charge in [-0.3, -0.25) is 9.48 Å². The van der Waals surface area contributed by atoms with Crippen molar-refractivity contribution in [3.05, 3.63) is 41.6 Å². The first-order valence-corrected chi connectivity index (χ1v) is 9.28. The minimum Gasteiger partial charge on any atom is -0.365 e. The molecule has 1 saturated heterocycles. The number of carbonyl (C=O) groups is 1. The number of hydrogen-bond donors (Lipinski definition) is 4. The summed E-state index contributed by atoms with van der Waals surface area (Å²) in [5.41, 5.74) is 14.1. The van der Waals surface area contributed by atoms with Gasteiger partial charge in [-0.25, -0.2) is 0 Å². The van der Waals surface area contributed by atoms with Crippen molar-refractivity contribution in [3.63, 3.8) is 0 Å². The molecule has 140 valence electrons. The largest absolute Gasteiger partial charge is 0.365 e. The average molecular weight is 356 g/mol. The molecule has 1 aliphatic heterocycles. The van der Waals surface area contributed by atoms with Crippen molar-refractivity contribution in [2.24, 2.45) is 17.4 Å². The van der Waals surface area contributed by atoms with Gasteiger partial charge < -0.3 is 22.1 Å². The highest BCUT2D eigenvalue weighted by Gasteiger charge is 2.26. The van der Waals surface area contributed by atoms with Crippen LogP contribution in [0.3, 0.4) is 0 Å². The van der Waals surface area contributed by atoms with Gasteiger partial charge in [-0.05, 0) is 56.0 Å². The van der Waals surface area contributed by atoms with Crippen LogP contribution in [0, 0.1) is 5.92 Å². The molecule has 0 saturated carbocycles. The van der Waals surface area contributed by atoms with Crippen LogP contribution in [-0.4, -0.2) is 35.3 Å². The van der Waals surface area contributed by atoms with E-state index in [0.717, 1.165) is 38.0 Å². The smallest absolute Gasteiger partial charge is 0.254 e. The Hall–Kier alpha value is -2.38. The zero-order chi connectivity index (χ0) is 18.5. The topological polar surface area (TPSA) is 111 Å². The van der Waals surface area contributed by atoms with E-state index in [2.05, 4.69) is 34.8 Å². The molecule has 1 amide bonds. The summed E-state index contributed by atoms with van der Waals surface area (Å²) >= 11 is 0. The Morgan fingerprint density at radius 2 is 2.04 bits per heavy atom. The second-order valence-electron chi connectivity index (χ2n) is 6.80. The number of hydrogen-bond acceptors (Lipinski definition) is 5. The highest BCUT2D eigenvalue weighted by molar-refractivity contribution is 5.98. The molecule has 2 aromatic rings. The minimum atomic E-state index is -0.495. The summed E-state index contributed by atoms with van der Waals surface area (Å²) < 4.78 is 1.82. The van der Waals surface area contributed by atoms with Crippen LogP contribution in [0.1, 0.15) is 41.7 Å². The maximum atomic E-state index is 11.9. The second kappa shape index (κ2) is 8.33. The number of aryl methyl sites for hydroxylation is 1. The molecule has 2 heterocycles. The number of nitrogens with two attached hydrogens (primary N) is 2. The average Bonchev–Trinajstić information content (AvgIpc) is 3.07. The minimum absolute atomic E-state index is 0.0632. The molecule has 1 atom stereocenters. The number of nitrogens with zero attached hydrogens (tertiary/aromatic N) is 2. The Balaban J connectivity index is 1.85. The first kappa shape index (κ1) is 18.4. The fraction of sp³-hybridized carbons (Fsp3) is 0.474. The number of primary amides is 1. The summed E-state index contributed by atoms with van der Waals surface area (Å²) in [6, 6.07) is 8.14. The molecule has 1 fully saturated rings. The van der Waals surface area contributed by atoms with Crippen LogP contribution >= 0.6 is 0 Å².